The summed E-state index contributed by atoms with van der Waals surface area (Å²) in [7, 11) is 3.83. The summed E-state index contributed by atoms with van der Waals surface area (Å²) in [6.07, 6.45) is 5.68. The van der Waals surface area contributed by atoms with Crippen LogP contribution in [-0.2, 0) is 4.79 Å². The fraction of sp³-hybridized carbons (Fsp3) is 0.222. The van der Waals surface area contributed by atoms with Gasteiger partial charge in [-0.05, 0) is 6.08 Å². The molecule has 62 valence electrons. The maximum absolute atomic E-state index is 11.3. The molecule has 2 aliphatic rings. The average Bonchev–Trinajstić information content (AvgIpc) is 2.53. The molecule has 0 saturated carbocycles. The maximum atomic E-state index is 11.3. The molecule has 1 amide bonds. The van der Waals surface area contributed by atoms with Gasteiger partial charge in [0.15, 0.2) is 0 Å². The number of hydrogen-bond acceptors (Lipinski definition) is 2. The Morgan fingerprint density at radius 1 is 1.42 bits per heavy atom. The average molecular weight is 162 g/mol. The highest BCUT2D eigenvalue weighted by molar-refractivity contribution is 6.04. The third-order valence-electron chi connectivity index (χ3n) is 1.99. The molecule has 0 fully saturated rings. The fourth-order valence-electron chi connectivity index (χ4n) is 1.42. The van der Waals surface area contributed by atoms with Crippen molar-refractivity contribution in [3.05, 3.63) is 35.2 Å². The summed E-state index contributed by atoms with van der Waals surface area (Å²) in [4.78, 5) is 13.2. The van der Waals surface area contributed by atoms with Crippen LogP contribution >= 0.6 is 0 Å². The standard InChI is InChI=1S/C9H10N2O/c1-11(2)8-6-4-3-5-7(6)9(12)10-8/h3-5H,1-2H3,(H,10,12). The highest BCUT2D eigenvalue weighted by Gasteiger charge is 2.27. The Balaban J connectivity index is 2.48. The topological polar surface area (TPSA) is 32.3 Å². The van der Waals surface area contributed by atoms with Crippen molar-refractivity contribution in [1.29, 1.82) is 0 Å². The molecule has 0 aromatic rings. The molecule has 3 heteroatoms. The van der Waals surface area contributed by atoms with Crippen LogP contribution in [0.25, 0.3) is 0 Å². The summed E-state index contributed by atoms with van der Waals surface area (Å²) < 4.78 is 0. The quantitative estimate of drug-likeness (QED) is 0.604. The van der Waals surface area contributed by atoms with Crippen molar-refractivity contribution < 1.29 is 4.79 Å². The Labute approximate surface area is 71.0 Å². The first-order valence-corrected chi connectivity index (χ1v) is 3.82. The number of carbonyl (C=O) groups excluding carboxylic acids is 1. The molecule has 0 saturated heterocycles. The zero-order valence-corrected chi connectivity index (χ0v) is 7.09. The normalized spacial score (nSPS) is 19.5. The molecule has 0 aromatic heterocycles. The van der Waals surface area contributed by atoms with Gasteiger partial charge in [-0.1, -0.05) is 12.2 Å². The number of carbonyl (C=O) groups is 1. The van der Waals surface area contributed by atoms with Crippen LogP contribution in [0.4, 0.5) is 0 Å². The smallest absolute Gasteiger partial charge is 0.257 e. The number of fused-ring (bicyclic) bond motifs is 1. The third kappa shape index (κ3) is 0.794. The molecule has 0 spiro atoms. The predicted molar refractivity (Wildman–Crippen MR) is 46.1 cm³/mol. The number of nitrogens with zero attached hydrogens (tertiary/aromatic N) is 1. The zero-order chi connectivity index (χ0) is 8.72. The molecule has 12 heavy (non-hydrogen) atoms. The van der Waals surface area contributed by atoms with Crippen LogP contribution in [0.15, 0.2) is 35.2 Å². The second kappa shape index (κ2) is 2.24. The summed E-state index contributed by atoms with van der Waals surface area (Å²) in [5.74, 6) is 0.888. The highest BCUT2D eigenvalue weighted by Crippen LogP contribution is 2.27. The van der Waals surface area contributed by atoms with Crippen LogP contribution in [-0.4, -0.2) is 24.9 Å². The highest BCUT2D eigenvalue weighted by atomic mass is 16.2. The lowest BCUT2D eigenvalue weighted by Gasteiger charge is -2.13. The summed E-state index contributed by atoms with van der Waals surface area (Å²) >= 11 is 0. The molecule has 0 atom stereocenters. The van der Waals surface area contributed by atoms with Crippen molar-refractivity contribution in [2.45, 2.75) is 0 Å². The van der Waals surface area contributed by atoms with Crippen molar-refractivity contribution in [2.75, 3.05) is 14.1 Å². The molecule has 1 aliphatic heterocycles. The molecule has 0 radical (unpaired) electrons. The summed E-state index contributed by atoms with van der Waals surface area (Å²) in [5, 5.41) is 2.80. The lowest BCUT2D eigenvalue weighted by molar-refractivity contribution is -0.116. The van der Waals surface area contributed by atoms with E-state index >= 15 is 0 Å². The molecule has 1 heterocycles. The number of allylic oxidation sites excluding steroid dienone is 3. The van der Waals surface area contributed by atoms with E-state index in [4.69, 9.17) is 0 Å². The van der Waals surface area contributed by atoms with E-state index in [1.54, 1.807) is 0 Å². The third-order valence-corrected chi connectivity index (χ3v) is 1.99. The molecule has 1 N–H and O–H groups in total. The molecule has 0 unspecified atom stereocenters. The van der Waals surface area contributed by atoms with Crippen LogP contribution in [0.3, 0.4) is 0 Å². The Hall–Kier alpha value is -1.51. The van der Waals surface area contributed by atoms with Gasteiger partial charge in [0.2, 0.25) is 0 Å². The summed E-state index contributed by atoms with van der Waals surface area (Å²) in [6, 6.07) is 0. The van der Waals surface area contributed by atoms with E-state index in [-0.39, 0.29) is 5.91 Å². The van der Waals surface area contributed by atoms with Crippen LogP contribution in [0.2, 0.25) is 0 Å². The van der Waals surface area contributed by atoms with Gasteiger partial charge in [0.05, 0.1) is 5.57 Å². The van der Waals surface area contributed by atoms with Gasteiger partial charge in [-0.25, -0.2) is 0 Å². The number of amides is 1. The van der Waals surface area contributed by atoms with Gasteiger partial charge in [0.25, 0.3) is 5.91 Å². The lowest BCUT2D eigenvalue weighted by atomic mass is 10.2. The van der Waals surface area contributed by atoms with Crippen LogP contribution in [0.1, 0.15) is 0 Å². The van der Waals surface area contributed by atoms with Gasteiger partial charge in [-0.15, -0.1) is 0 Å². The minimum absolute atomic E-state index is 0.00120. The van der Waals surface area contributed by atoms with Crippen LogP contribution in [0, 0.1) is 0 Å². The Bertz CT molecular complexity index is 334. The van der Waals surface area contributed by atoms with Crippen molar-refractivity contribution in [3.63, 3.8) is 0 Å². The molecule has 3 nitrogen and oxygen atoms in total. The molecule has 0 aromatic carbocycles. The van der Waals surface area contributed by atoms with Crippen molar-refractivity contribution in [1.82, 2.24) is 10.2 Å². The fourth-order valence-corrected chi connectivity index (χ4v) is 1.42. The number of hydrogen-bond donors (Lipinski definition) is 1. The zero-order valence-electron chi connectivity index (χ0n) is 7.09. The Morgan fingerprint density at radius 2 is 2.17 bits per heavy atom. The van der Waals surface area contributed by atoms with E-state index < -0.39 is 0 Å². The van der Waals surface area contributed by atoms with E-state index in [9.17, 15) is 4.79 Å². The van der Waals surface area contributed by atoms with E-state index in [2.05, 4.69) is 5.32 Å². The second-order valence-electron chi connectivity index (χ2n) is 3.05. The first kappa shape index (κ1) is 7.16. The van der Waals surface area contributed by atoms with Crippen molar-refractivity contribution in [3.8, 4) is 0 Å². The van der Waals surface area contributed by atoms with Gasteiger partial charge in [-0.2, -0.15) is 0 Å². The molecular formula is C9H10N2O. The largest absolute Gasteiger partial charge is 0.364 e. The van der Waals surface area contributed by atoms with Crippen molar-refractivity contribution in [2.24, 2.45) is 0 Å². The van der Waals surface area contributed by atoms with Gasteiger partial charge in [-0.3, -0.25) is 4.79 Å². The predicted octanol–water partition coefficient (Wildman–Crippen LogP) is 0.386. The first-order valence-electron chi connectivity index (χ1n) is 3.82. The van der Waals surface area contributed by atoms with Crippen LogP contribution < -0.4 is 5.32 Å². The van der Waals surface area contributed by atoms with Gasteiger partial charge in [0, 0.05) is 19.7 Å². The molecule has 2 rings (SSSR count). The van der Waals surface area contributed by atoms with E-state index in [1.807, 2.05) is 37.2 Å². The Kier molecular flexibility index (Phi) is 1.33. The minimum atomic E-state index is -0.00120. The van der Waals surface area contributed by atoms with Gasteiger partial charge < -0.3 is 10.2 Å². The minimum Gasteiger partial charge on any atom is -0.364 e. The number of nitrogens with one attached hydrogen (secondary N) is 1. The lowest BCUT2D eigenvalue weighted by Crippen LogP contribution is -2.25. The SMILES string of the molecule is CN(C)C1=C2C=CC=C2C(=O)N1. The maximum Gasteiger partial charge on any atom is 0.257 e. The van der Waals surface area contributed by atoms with Crippen LogP contribution in [0.5, 0.6) is 0 Å². The summed E-state index contributed by atoms with van der Waals surface area (Å²) in [6.45, 7) is 0. The van der Waals surface area contributed by atoms with E-state index in [1.165, 1.54) is 0 Å². The Morgan fingerprint density at radius 3 is 2.83 bits per heavy atom. The first-order chi connectivity index (χ1) is 5.70. The number of rotatable bonds is 1. The van der Waals surface area contributed by atoms with Crippen molar-refractivity contribution >= 4 is 5.91 Å². The van der Waals surface area contributed by atoms with Gasteiger partial charge >= 0.3 is 0 Å². The molecular weight excluding hydrogens is 152 g/mol. The molecule has 1 aliphatic carbocycles. The van der Waals surface area contributed by atoms with Gasteiger partial charge in [0.1, 0.15) is 5.82 Å². The summed E-state index contributed by atoms with van der Waals surface area (Å²) in [5.41, 5.74) is 1.78. The second-order valence-corrected chi connectivity index (χ2v) is 3.05. The molecule has 0 bridgehead atoms. The van der Waals surface area contributed by atoms with E-state index in [0.29, 0.717) is 0 Å². The van der Waals surface area contributed by atoms with E-state index in [0.717, 1.165) is 17.0 Å². The monoisotopic (exact) mass is 162 g/mol.